The average Bonchev–Trinajstić information content (AvgIpc) is 2.57. The Morgan fingerprint density at radius 2 is 1.58 bits per heavy atom. The number of halogens is 1. The Morgan fingerprint density at radius 3 is 2.12 bits per heavy atom. The summed E-state index contributed by atoms with van der Waals surface area (Å²) in [5.74, 6) is -2.91. The second-order valence-corrected chi connectivity index (χ2v) is 7.09. The maximum Gasteiger partial charge on any atom is 0.307 e. The molecule has 0 spiro atoms. The van der Waals surface area contributed by atoms with Gasteiger partial charge >= 0.3 is 5.97 Å². The van der Waals surface area contributed by atoms with Crippen LogP contribution >= 0.6 is 22.6 Å². The molecule has 0 saturated heterocycles. The summed E-state index contributed by atoms with van der Waals surface area (Å²) in [5, 5.41) is 12.3. The van der Waals surface area contributed by atoms with Crippen molar-refractivity contribution >= 4 is 40.2 Å². The quantitative estimate of drug-likeness (QED) is 0.660. The molecule has 4 nitrogen and oxygen atoms in total. The van der Waals surface area contributed by atoms with Crippen LogP contribution in [-0.4, -0.2) is 17.0 Å². The highest BCUT2D eigenvalue weighted by atomic mass is 127. The van der Waals surface area contributed by atoms with Crippen LogP contribution < -0.4 is 5.32 Å². The van der Waals surface area contributed by atoms with Crippen molar-refractivity contribution in [2.24, 2.45) is 11.8 Å². The predicted octanol–water partition coefficient (Wildman–Crippen LogP) is 4.37. The van der Waals surface area contributed by atoms with Crippen LogP contribution in [0.5, 0.6) is 0 Å². The molecule has 2 aromatic carbocycles. The van der Waals surface area contributed by atoms with Crippen LogP contribution in [0.25, 0.3) is 0 Å². The van der Waals surface area contributed by atoms with Gasteiger partial charge in [0.25, 0.3) is 0 Å². The molecule has 0 aromatic heterocycles. The fraction of sp³-hybridized carbons (Fsp3) is 0.263. The van der Waals surface area contributed by atoms with Crippen LogP contribution in [0.1, 0.15) is 25.3 Å². The topological polar surface area (TPSA) is 66.4 Å². The summed E-state index contributed by atoms with van der Waals surface area (Å²) in [6.07, 6.45) is 0. The average molecular weight is 437 g/mol. The van der Waals surface area contributed by atoms with Gasteiger partial charge in [0, 0.05) is 9.26 Å². The maximum absolute atomic E-state index is 12.8. The minimum atomic E-state index is -0.972. The van der Waals surface area contributed by atoms with E-state index >= 15 is 0 Å². The lowest BCUT2D eigenvalue weighted by Gasteiger charge is -2.26. The molecule has 0 aliphatic heterocycles. The Hall–Kier alpha value is -1.89. The van der Waals surface area contributed by atoms with E-state index in [0.29, 0.717) is 5.69 Å². The number of carbonyl (C=O) groups is 2. The molecule has 126 valence electrons. The summed E-state index contributed by atoms with van der Waals surface area (Å²) >= 11 is 2.19. The summed E-state index contributed by atoms with van der Waals surface area (Å²) in [6, 6.07) is 17.0. The first-order valence-corrected chi connectivity index (χ1v) is 8.82. The second kappa shape index (κ2) is 8.28. The third-order valence-corrected chi connectivity index (χ3v) is 4.93. The van der Waals surface area contributed by atoms with Crippen molar-refractivity contribution in [1.29, 1.82) is 0 Å². The molecule has 2 aromatic rings. The Labute approximate surface area is 155 Å². The van der Waals surface area contributed by atoms with Crippen molar-refractivity contribution in [2.45, 2.75) is 19.8 Å². The summed E-state index contributed by atoms with van der Waals surface area (Å²) in [5.41, 5.74) is 1.62. The van der Waals surface area contributed by atoms with Gasteiger partial charge in [0.2, 0.25) is 5.91 Å². The minimum absolute atomic E-state index is 0.207. The van der Waals surface area contributed by atoms with E-state index in [0.717, 1.165) is 9.13 Å². The molecule has 0 saturated carbocycles. The van der Waals surface area contributed by atoms with E-state index in [4.69, 9.17) is 0 Å². The van der Waals surface area contributed by atoms with E-state index in [9.17, 15) is 14.7 Å². The van der Waals surface area contributed by atoms with E-state index in [2.05, 4.69) is 27.9 Å². The number of carboxylic acid groups (broad SMARTS) is 1. The number of anilines is 1. The van der Waals surface area contributed by atoms with Crippen molar-refractivity contribution in [3.63, 3.8) is 0 Å². The number of rotatable bonds is 6. The van der Waals surface area contributed by atoms with Crippen molar-refractivity contribution in [3.05, 3.63) is 63.7 Å². The van der Waals surface area contributed by atoms with E-state index < -0.39 is 17.8 Å². The Morgan fingerprint density at radius 1 is 1.00 bits per heavy atom. The highest BCUT2D eigenvalue weighted by molar-refractivity contribution is 14.1. The SMILES string of the molecule is CC(C(=O)O)C(C(=O)Nc1ccc(I)cc1)C(C)c1ccccc1. The second-order valence-electron chi connectivity index (χ2n) is 5.85. The maximum atomic E-state index is 12.8. The van der Waals surface area contributed by atoms with E-state index in [1.54, 1.807) is 6.92 Å². The van der Waals surface area contributed by atoms with Crippen molar-refractivity contribution in [1.82, 2.24) is 0 Å². The van der Waals surface area contributed by atoms with Crippen LogP contribution in [-0.2, 0) is 9.59 Å². The van der Waals surface area contributed by atoms with Gasteiger partial charge in [-0.05, 0) is 58.3 Å². The molecule has 0 aliphatic carbocycles. The molecule has 0 radical (unpaired) electrons. The Balaban J connectivity index is 2.26. The van der Waals surface area contributed by atoms with Gasteiger partial charge < -0.3 is 10.4 Å². The molecule has 5 heteroatoms. The molecular formula is C19H20INO3. The molecular weight excluding hydrogens is 417 g/mol. The monoisotopic (exact) mass is 437 g/mol. The molecule has 3 unspecified atom stereocenters. The smallest absolute Gasteiger partial charge is 0.307 e. The molecule has 0 heterocycles. The van der Waals surface area contributed by atoms with Gasteiger partial charge in [-0.2, -0.15) is 0 Å². The summed E-state index contributed by atoms with van der Waals surface area (Å²) in [7, 11) is 0. The van der Waals surface area contributed by atoms with Gasteiger partial charge in [0.1, 0.15) is 0 Å². The molecule has 3 atom stereocenters. The van der Waals surface area contributed by atoms with Crippen LogP contribution in [0.3, 0.4) is 0 Å². The summed E-state index contributed by atoms with van der Waals surface area (Å²) < 4.78 is 1.07. The van der Waals surface area contributed by atoms with Gasteiger partial charge in [0.05, 0.1) is 11.8 Å². The standard InChI is InChI=1S/C19H20INO3/c1-12(14-6-4-3-5-7-14)17(13(2)19(23)24)18(22)21-16-10-8-15(20)9-11-16/h3-13,17H,1-2H3,(H,21,22)(H,23,24). The van der Waals surface area contributed by atoms with Crippen molar-refractivity contribution < 1.29 is 14.7 Å². The number of carbonyl (C=O) groups excluding carboxylic acids is 1. The van der Waals surface area contributed by atoms with Gasteiger partial charge in [0.15, 0.2) is 0 Å². The predicted molar refractivity (Wildman–Crippen MR) is 103 cm³/mol. The lowest BCUT2D eigenvalue weighted by molar-refractivity contribution is -0.146. The first-order valence-electron chi connectivity index (χ1n) is 7.74. The van der Waals surface area contributed by atoms with Crippen molar-refractivity contribution in [3.8, 4) is 0 Å². The minimum Gasteiger partial charge on any atom is -0.481 e. The highest BCUT2D eigenvalue weighted by Crippen LogP contribution is 2.31. The molecule has 2 rings (SSSR count). The Bertz CT molecular complexity index is 700. The number of carboxylic acids is 1. The number of amides is 1. The zero-order valence-corrected chi connectivity index (χ0v) is 15.7. The number of hydrogen-bond donors (Lipinski definition) is 2. The Kier molecular flexibility index (Phi) is 6.36. The fourth-order valence-electron chi connectivity index (χ4n) is 2.76. The fourth-order valence-corrected chi connectivity index (χ4v) is 3.12. The molecule has 24 heavy (non-hydrogen) atoms. The van der Waals surface area contributed by atoms with Gasteiger partial charge in [-0.3, -0.25) is 9.59 Å². The van der Waals surface area contributed by atoms with E-state index in [1.165, 1.54) is 0 Å². The van der Waals surface area contributed by atoms with Crippen LogP contribution in [0.15, 0.2) is 54.6 Å². The largest absolute Gasteiger partial charge is 0.481 e. The molecule has 0 fully saturated rings. The van der Waals surface area contributed by atoms with Crippen LogP contribution in [0, 0.1) is 15.4 Å². The first kappa shape index (κ1) is 18.4. The third-order valence-electron chi connectivity index (χ3n) is 4.21. The molecule has 0 bridgehead atoms. The van der Waals surface area contributed by atoms with Gasteiger partial charge in [-0.15, -0.1) is 0 Å². The molecule has 1 amide bonds. The van der Waals surface area contributed by atoms with Crippen LogP contribution in [0.2, 0.25) is 0 Å². The van der Waals surface area contributed by atoms with Gasteiger partial charge in [-0.1, -0.05) is 44.2 Å². The number of aliphatic carboxylic acids is 1. The number of benzene rings is 2. The molecule has 0 aliphatic rings. The van der Waals surface area contributed by atoms with E-state index in [1.807, 2.05) is 61.5 Å². The number of hydrogen-bond acceptors (Lipinski definition) is 2. The van der Waals surface area contributed by atoms with Gasteiger partial charge in [-0.25, -0.2) is 0 Å². The summed E-state index contributed by atoms with van der Waals surface area (Å²) in [6.45, 7) is 3.48. The zero-order valence-electron chi connectivity index (χ0n) is 13.6. The lowest BCUT2D eigenvalue weighted by atomic mass is 9.79. The van der Waals surface area contributed by atoms with Crippen molar-refractivity contribution in [2.75, 3.05) is 5.32 Å². The normalized spacial score (nSPS) is 14.5. The zero-order chi connectivity index (χ0) is 17.7. The lowest BCUT2D eigenvalue weighted by Crippen LogP contribution is -2.35. The third kappa shape index (κ3) is 4.56. The molecule has 2 N–H and O–H groups in total. The number of nitrogens with one attached hydrogen (secondary N) is 1. The highest BCUT2D eigenvalue weighted by Gasteiger charge is 2.35. The summed E-state index contributed by atoms with van der Waals surface area (Å²) in [4.78, 5) is 24.3. The van der Waals surface area contributed by atoms with E-state index in [-0.39, 0.29) is 11.8 Å². The first-order chi connectivity index (χ1) is 11.4. The van der Waals surface area contributed by atoms with Crippen LogP contribution in [0.4, 0.5) is 5.69 Å².